The molecule has 0 saturated carbocycles. The number of nitrogens with one attached hydrogen (secondary N) is 5. The van der Waals surface area contributed by atoms with Crippen molar-refractivity contribution in [3.05, 3.63) is 65.6 Å². The summed E-state index contributed by atoms with van der Waals surface area (Å²) < 4.78 is 13.3. The number of hydrogen-bond donors (Lipinski definition) is 5. The third-order valence-corrected chi connectivity index (χ3v) is 5.36. The van der Waals surface area contributed by atoms with Crippen LogP contribution in [0.5, 0.6) is 0 Å². The second-order valence-electron chi connectivity index (χ2n) is 7.64. The minimum absolute atomic E-state index is 0.143. The van der Waals surface area contributed by atoms with Crippen molar-refractivity contribution in [2.24, 2.45) is 0 Å². The van der Waals surface area contributed by atoms with Crippen molar-refractivity contribution < 1.29 is 14.0 Å². The minimum atomic E-state index is -0.764. The summed E-state index contributed by atoms with van der Waals surface area (Å²) >= 11 is 0. The molecular weight excluding hydrogens is 413 g/mol. The summed E-state index contributed by atoms with van der Waals surface area (Å²) in [5, 5.41) is 19.1. The SMILES string of the molecule is O=CNCC1(c2ccc(-c3cc(NCCc4cccc(F)c4)n[nH]3)nc2)CNCC(=O)N1. The Kier molecular flexibility index (Phi) is 6.41. The van der Waals surface area contributed by atoms with Gasteiger partial charge in [-0.05, 0) is 35.7 Å². The van der Waals surface area contributed by atoms with E-state index in [1.54, 1.807) is 12.3 Å². The number of anilines is 1. The van der Waals surface area contributed by atoms with Gasteiger partial charge >= 0.3 is 0 Å². The Hall–Kier alpha value is -3.79. The van der Waals surface area contributed by atoms with Crippen molar-refractivity contribution in [3.63, 3.8) is 0 Å². The lowest BCUT2D eigenvalue weighted by Crippen LogP contribution is -2.63. The monoisotopic (exact) mass is 437 g/mol. The third kappa shape index (κ3) is 4.92. The Morgan fingerprint density at radius 3 is 2.88 bits per heavy atom. The zero-order chi connectivity index (χ0) is 22.4. The Bertz CT molecular complexity index is 1090. The molecule has 10 heteroatoms. The number of aromatic nitrogens is 3. The Labute approximate surface area is 184 Å². The molecule has 2 amide bonds. The summed E-state index contributed by atoms with van der Waals surface area (Å²) in [6.07, 6.45) is 2.97. The summed E-state index contributed by atoms with van der Waals surface area (Å²) in [5.41, 5.74) is 2.35. The van der Waals surface area contributed by atoms with Crippen molar-refractivity contribution in [3.8, 4) is 11.4 Å². The minimum Gasteiger partial charge on any atom is -0.368 e. The number of H-pyrrole nitrogens is 1. The second-order valence-corrected chi connectivity index (χ2v) is 7.64. The van der Waals surface area contributed by atoms with Gasteiger partial charge in [-0.1, -0.05) is 18.2 Å². The highest BCUT2D eigenvalue weighted by Gasteiger charge is 2.36. The largest absolute Gasteiger partial charge is 0.368 e. The highest BCUT2D eigenvalue weighted by Crippen LogP contribution is 2.24. The van der Waals surface area contributed by atoms with Crippen LogP contribution < -0.4 is 21.3 Å². The number of piperazine rings is 1. The van der Waals surface area contributed by atoms with Gasteiger partial charge in [0.25, 0.3) is 0 Å². The number of halogens is 1. The Balaban J connectivity index is 1.42. The fraction of sp³-hybridized carbons (Fsp3) is 0.273. The van der Waals surface area contributed by atoms with Crippen LogP contribution >= 0.6 is 0 Å². The van der Waals surface area contributed by atoms with E-state index >= 15 is 0 Å². The average molecular weight is 437 g/mol. The van der Waals surface area contributed by atoms with Crippen molar-refractivity contribution in [2.45, 2.75) is 12.0 Å². The Morgan fingerprint density at radius 1 is 1.22 bits per heavy atom. The van der Waals surface area contributed by atoms with E-state index in [9.17, 15) is 14.0 Å². The first-order valence-electron chi connectivity index (χ1n) is 10.3. The van der Waals surface area contributed by atoms with Crippen LogP contribution in [0.2, 0.25) is 0 Å². The highest BCUT2D eigenvalue weighted by molar-refractivity contribution is 5.80. The second kappa shape index (κ2) is 9.56. The molecule has 166 valence electrons. The van der Waals surface area contributed by atoms with E-state index < -0.39 is 5.54 Å². The fourth-order valence-corrected chi connectivity index (χ4v) is 3.75. The molecule has 1 saturated heterocycles. The molecule has 1 aromatic carbocycles. The lowest BCUT2D eigenvalue weighted by atomic mass is 9.89. The maximum absolute atomic E-state index is 13.3. The molecule has 9 nitrogen and oxygen atoms in total. The molecule has 1 aliphatic rings. The van der Waals surface area contributed by atoms with Gasteiger partial charge in [-0.15, -0.1) is 0 Å². The highest BCUT2D eigenvalue weighted by atomic mass is 19.1. The molecule has 0 radical (unpaired) electrons. The standard InChI is InChI=1S/C22H24FN7O2/c23-17-3-1-2-15(8-17)6-7-26-20-9-19(29-30-20)18-5-4-16(10-27-18)22(13-25-14-31)12-24-11-21(32)28-22/h1-5,8-10,14,24H,6-7,11-13H2,(H,25,31)(H,28,32)(H2,26,29,30). The number of benzene rings is 1. The molecule has 0 aliphatic carbocycles. The predicted molar refractivity (Wildman–Crippen MR) is 117 cm³/mol. The van der Waals surface area contributed by atoms with E-state index in [1.165, 1.54) is 12.1 Å². The van der Waals surface area contributed by atoms with Crippen LogP contribution in [-0.2, 0) is 21.5 Å². The number of hydrogen-bond acceptors (Lipinski definition) is 6. The zero-order valence-corrected chi connectivity index (χ0v) is 17.3. The van der Waals surface area contributed by atoms with Crippen molar-refractivity contribution in [1.82, 2.24) is 31.1 Å². The molecular formula is C22H24FN7O2. The molecule has 1 unspecified atom stereocenters. The third-order valence-electron chi connectivity index (χ3n) is 5.36. The van der Waals surface area contributed by atoms with Crippen LogP contribution in [0.3, 0.4) is 0 Å². The molecule has 1 atom stereocenters. The maximum Gasteiger partial charge on any atom is 0.234 e. The molecule has 4 rings (SSSR count). The van der Waals surface area contributed by atoms with Crippen molar-refractivity contribution in [1.29, 1.82) is 0 Å². The van der Waals surface area contributed by atoms with Gasteiger partial charge < -0.3 is 21.3 Å². The van der Waals surface area contributed by atoms with Gasteiger partial charge in [0.2, 0.25) is 12.3 Å². The van der Waals surface area contributed by atoms with Crippen molar-refractivity contribution >= 4 is 18.1 Å². The first-order valence-corrected chi connectivity index (χ1v) is 10.3. The predicted octanol–water partition coefficient (Wildman–Crippen LogP) is 0.926. The van der Waals surface area contributed by atoms with Crippen LogP contribution in [0.4, 0.5) is 10.2 Å². The molecule has 1 aliphatic heterocycles. The van der Waals surface area contributed by atoms with Gasteiger partial charge in [-0.25, -0.2) is 4.39 Å². The van der Waals surface area contributed by atoms with E-state index in [0.29, 0.717) is 37.4 Å². The topological polar surface area (TPSA) is 124 Å². The first kappa shape index (κ1) is 21.4. The van der Waals surface area contributed by atoms with E-state index in [-0.39, 0.29) is 24.8 Å². The summed E-state index contributed by atoms with van der Waals surface area (Å²) in [6, 6.07) is 12.1. The van der Waals surface area contributed by atoms with Gasteiger partial charge in [0.15, 0.2) is 0 Å². The number of rotatable bonds is 9. The maximum atomic E-state index is 13.3. The number of carbonyl (C=O) groups is 2. The van der Waals surface area contributed by atoms with Gasteiger partial charge in [0, 0.05) is 31.9 Å². The van der Waals surface area contributed by atoms with Crippen LogP contribution in [-0.4, -0.2) is 53.7 Å². The lowest BCUT2D eigenvalue weighted by Gasteiger charge is -2.38. The van der Waals surface area contributed by atoms with Crippen LogP contribution in [0, 0.1) is 5.82 Å². The summed E-state index contributed by atoms with van der Waals surface area (Å²) in [6.45, 7) is 1.57. The Morgan fingerprint density at radius 2 is 2.12 bits per heavy atom. The van der Waals surface area contributed by atoms with Gasteiger partial charge in [0.1, 0.15) is 11.6 Å². The number of nitrogens with zero attached hydrogens (tertiary/aromatic N) is 2. The van der Waals surface area contributed by atoms with Crippen LogP contribution in [0.25, 0.3) is 11.4 Å². The van der Waals surface area contributed by atoms with Gasteiger partial charge in [0.05, 0.1) is 23.5 Å². The number of pyridine rings is 1. The lowest BCUT2D eigenvalue weighted by molar-refractivity contribution is -0.124. The molecule has 0 bridgehead atoms. The fourth-order valence-electron chi connectivity index (χ4n) is 3.75. The average Bonchev–Trinajstić information content (AvgIpc) is 3.27. The molecule has 0 spiro atoms. The number of carbonyl (C=O) groups excluding carboxylic acids is 2. The molecule has 3 aromatic rings. The summed E-state index contributed by atoms with van der Waals surface area (Å²) in [7, 11) is 0. The molecule has 1 fully saturated rings. The first-order chi connectivity index (χ1) is 15.6. The number of amides is 2. The quantitative estimate of drug-likeness (QED) is 0.317. The summed E-state index contributed by atoms with van der Waals surface area (Å²) in [5.74, 6) is 0.277. The van der Waals surface area contributed by atoms with Crippen LogP contribution in [0.15, 0.2) is 48.7 Å². The van der Waals surface area contributed by atoms with E-state index in [1.807, 2.05) is 24.3 Å². The van der Waals surface area contributed by atoms with Gasteiger partial charge in [-0.3, -0.25) is 19.7 Å². The molecule has 3 heterocycles. The van der Waals surface area contributed by atoms with E-state index in [4.69, 9.17) is 0 Å². The smallest absolute Gasteiger partial charge is 0.234 e. The molecule has 2 aromatic heterocycles. The normalized spacial score (nSPS) is 18.1. The molecule has 5 N–H and O–H groups in total. The molecule has 32 heavy (non-hydrogen) atoms. The summed E-state index contributed by atoms with van der Waals surface area (Å²) in [4.78, 5) is 27.3. The van der Waals surface area contributed by atoms with Crippen molar-refractivity contribution in [2.75, 3.05) is 31.5 Å². The van der Waals surface area contributed by atoms with Gasteiger partial charge in [-0.2, -0.15) is 5.10 Å². The zero-order valence-electron chi connectivity index (χ0n) is 17.3. The van der Waals surface area contributed by atoms with Crippen LogP contribution in [0.1, 0.15) is 11.1 Å². The van der Waals surface area contributed by atoms with E-state index in [2.05, 4.69) is 36.4 Å². The number of aromatic amines is 1. The van der Waals surface area contributed by atoms with E-state index in [0.717, 1.165) is 16.8 Å².